The zero-order valence-electron chi connectivity index (χ0n) is 14.9. The molecule has 1 aliphatic rings. The number of anilines is 2. The van der Waals surface area contributed by atoms with E-state index in [4.69, 9.17) is 4.74 Å². The van der Waals surface area contributed by atoms with Crippen molar-refractivity contribution in [1.29, 1.82) is 0 Å². The zero-order chi connectivity index (χ0) is 17.6. The molecule has 1 N–H and O–H groups in total. The van der Waals surface area contributed by atoms with Crippen molar-refractivity contribution in [3.8, 4) is 5.75 Å². The molecule has 1 fully saturated rings. The Morgan fingerprint density at radius 2 is 1.80 bits per heavy atom. The van der Waals surface area contributed by atoms with Crippen LogP contribution in [0.1, 0.15) is 43.6 Å². The third-order valence-electron chi connectivity index (χ3n) is 4.14. The molecule has 5 heteroatoms. The second-order valence-electron chi connectivity index (χ2n) is 6.60. The Hall–Kier alpha value is -2.56. The summed E-state index contributed by atoms with van der Waals surface area (Å²) in [4.78, 5) is 18.7. The van der Waals surface area contributed by atoms with E-state index in [1.54, 1.807) is 6.20 Å². The molecule has 1 aromatic heterocycles. The van der Waals surface area contributed by atoms with Gasteiger partial charge in [0.25, 0.3) is 5.91 Å². The van der Waals surface area contributed by atoms with Gasteiger partial charge in [-0.1, -0.05) is 0 Å². The van der Waals surface area contributed by atoms with Gasteiger partial charge >= 0.3 is 0 Å². The monoisotopic (exact) mass is 339 g/mol. The van der Waals surface area contributed by atoms with E-state index >= 15 is 0 Å². The van der Waals surface area contributed by atoms with Crippen LogP contribution < -0.4 is 10.1 Å². The van der Waals surface area contributed by atoms with E-state index in [0.29, 0.717) is 5.69 Å². The number of nitrogens with zero attached hydrogens (tertiary/aromatic N) is 2. The lowest BCUT2D eigenvalue weighted by Gasteiger charge is -2.26. The van der Waals surface area contributed by atoms with Crippen molar-refractivity contribution in [1.82, 2.24) is 9.88 Å². The van der Waals surface area contributed by atoms with Crippen LogP contribution in [0, 0.1) is 0 Å². The molecule has 0 spiro atoms. The van der Waals surface area contributed by atoms with Gasteiger partial charge in [0.15, 0.2) is 0 Å². The van der Waals surface area contributed by atoms with Gasteiger partial charge in [-0.15, -0.1) is 0 Å². The van der Waals surface area contributed by atoms with E-state index in [1.165, 1.54) is 6.42 Å². The van der Waals surface area contributed by atoms with Crippen molar-refractivity contribution < 1.29 is 9.53 Å². The standard InChI is InChI=1S/C20H25N3O2/c1-15(2)25-18-8-6-16(7-9-18)22-17-10-11-21-19(14-17)20(24)23-12-4-3-5-13-23/h6-11,14-15H,3-5,12-13H2,1-2H3,(H,21,22). The molecule has 0 radical (unpaired) electrons. The van der Waals surface area contributed by atoms with Crippen LogP contribution in [0.25, 0.3) is 0 Å². The van der Waals surface area contributed by atoms with E-state index < -0.39 is 0 Å². The van der Waals surface area contributed by atoms with Gasteiger partial charge in [0.1, 0.15) is 11.4 Å². The molecule has 1 aliphatic heterocycles. The van der Waals surface area contributed by atoms with E-state index in [-0.39, 0.29) is 12.0 Å². The number of likely N-dealkylation sites (tertiary alicyclic amines) is 1. The minimum absolute atomic E-state index is 0.0176. The predicted octanol–water partition coefficient (Wildman–Crippen LogP) is 4.24. The summed E-state index contributed by atoms with van der Waals surface area (Å²) in [5, 5.41) is 3.32. The summed E-state index contributed by atoms with van der Waals surface area (Å²) >= 11 is 0. The number of ether oxygens (including phenoxy) is 1. The molecule has 1 aromatic carbocycles. The van der Waals surface area contributed by atoms with E-state index in [2.05, 4.69) is 10.3 Å². The van der Waals surface area contributed by atoms with Gasteiger partial charge in [0.05, 0.1) is 6.10 Å². The molecule has 25 heavy (non-hydrogen) atoms. The predicted molar refractivity (Wildman–Crippen MR) is 99.5 cm³/mol. The largest absolute Gasteiger partial charge is 0.491 e. The Balaban J connectivity index is 1.68. The Labute approximate surface area is 149 Å². The molecule has 132 valence electrons. The summed E-state index contributed by atoms with van der Waals surface area (Å²) in [5.41, 5.74) is 2.29. The first-order chi connectivity index (χ1) is 12.1. The van der Waals surface area contributed by atoms with Crippen LogP contribution in [0.15, 0.2) is 42.6 Å². The second-order valence-corrected chi connectivity index (χ2v) is 6.60. The van der Waals surface area contributed by atoms with Crippen LogP contribution in [-0.4, -0.2) is 35.0 Å². The van der Waals surface area contributed by atoms with E-state index in [1.807, 2.05) is 55.1 Å². The number of nitrogens with one attached hydrogen (secondary N) is 1. The third kappa shape index (κ3) is 4.72. The molecule has 1 amide bonds. The summed E-state index contributed by atoms with van der Waals surface area (Å²) in [6, 6.07) is 11.5. The maximum absolute atomic E-state index is 12.6. The zero-order valence-corrected chi connectivity index (χ0v) is 14.9. The highest BCUT2D eigenvalue weighted by molar-refractivity contribution is 5.93. The van der Waals surface area contributed by atoms with Crippen LogP contribution in [-0.2, 0) is 0 Å². The lowest BCUT2D eigenvalue weighted by Crippen LogP contribution is -2.36. The van der Waals surface area contributed by atoms with Crippen LogP contribution in [0.2, 0.25) is 0 Å². The first-order valence-electron chi connectivity index (χ1n) is 8.91. The minimum Gasteiger partial charge on any atom is -0.491 e. The Morgan fingerprint density at radius 3 is 2.48 bits per heavy atom. The van der Waals surface area contributed by atoms with Gasteiger partial charge in [-0.2, -0.15) is 0 Å². The number of hydrogen-bond donors (Lipinski definition) is 1. The van der Waals surface area contributed by atoms with Crippen molar-refractivity contribution in [3.05, 3.63) is 48.3 Å². The normalized spacial score (nSPS) is 14.4. The highest BCUT2D eigenvalue weighted by Crippen LogP contribution is 2.21. The summed E-state index contributed by atoms with van der Waals surface area (Å²) in [7, 11) is 0. The molecule has 0 saturated carbocycles. The molecular formula is C20H25N3O2. The molecule has 0 atom stereocenters. The topological polar surface area (TPSA) is 54.5 Å². The van der Waals surface area contributed by atoms with Crippen LogP contribution >= 0.6 is 0 Å². The number of amides is 1. The van der Waals surface area contributed by atoms with E-state index in [0.717, 1.165) is 43.1 Å². The first-order valence-corrected chi connectivity index (χ1v) is 8.91. The minimum atomic E-state index is 0.0176. The number of piperidine rings is 1. The maximum Gasteiger partial charge on any atom is 0.272 e. The highest BCUT2D eigenvalue weighted by Gasteiger charge is 2.19. The number of benzene rings is 1. The number of carbonyl (C=O) groups excluding carboxylic acids is 1. The number of aromatic nitrogens is 1. The van der Waals surface area contributed by atoms with Crippen LogP contribution in [0.3, 0.4) is 0 Å². The van der Waals surface area contributed by atoms with Crippen molar-refractivity contribution in [2.75, 3.05) is 18.4 Å². The SMILES string of the molecule is CC(C)Oc1ccc(Nc2ccnc(C(=O)N3CCCCC3)c2)cc1. The molecule has 3 rings (SSSR count). The number of rotatable bonds is 5. The fourth-order valence-electron chi connectivity index (χ4n) is 2.94. The number of pyridine rings is 1. The summed E-state index contributed by atoms with van der Waals surface area (Å²) in [6.45, 7) is 5.67. The smallest absolute Gasteiger partial charge is 0.272 e. The van der Waals surface area contributed by atoms with E-state index in [9.17, 15) is 4.79 Å². The molecule has 0 aliphatic carbocycles. The fourth-order valence-corrected chi connectivity index (χ4v) is 2.94. The molecule has 2 heterocycles. The molecule has 1 saturated heterocycles. The lowest BCUT2D eigenvalue weighted by molar-refractivity contribution is 0.0718. The molecular weight excluding hydrogens is 314 g/mol. The van der Waals surface area contributed by atoms with Gasteiger partial charge in [-0.25, -0.2) is 0 Å². The molecule has 0 unspecified atom stereocenters. The summed E-state index contributed by atoms with van der Waals surface area (Å²) < 4.78 is 5.65. The van der Waals surface area contributed by atoms with Crippen molar-refractivity contribution in [3.63, 3.8) is 0 Å². The number of hydrogen-bond acceptors (Lipinski definition) is 4. The summed E-state index contributed by atoms with van der Waals surface area (Å²) in [5.74, 6) is 0.861. The third-order valence-corrected chi connectivity index (χ3v) is 4.14. The first kappa shape index (κ1) is 17.3. The molecule has 2 aromatic rings. The van der Waals surface area contributed by atoms with Gasteiger partial charge in [0, 0.05) is 30.7 Å². The Morgan fingerprint density at radius 1 is 1.08 bits per heavy atom. The maximum atomic E-state index is 12.6. The molecule has 5 nitrogen and oxygen atoms in total. The van der Waals surface area contributed by atoms with Gasteiger partial charge in [-0.05, 0) is 69.5 Å². The van der Waals surface area contributed by atoms with Crippen molar-refractivity contribution >= 4 is 17.3 Å². The average molecular weight is 339 g/mol. The van der Waals surface area contributed by atoms with Gasteiger partial charge < -0.3 is 15.0 Å². The highest BCUT2D eigenvalue weighted by atomic mass is 16.5. The Kier molecular flexibility index (Phi) is 5.53. The summed E-state index contributed by atoms with van der Waals surface area (Å²) in [6.07, 6.45) is 5.19. The van der Waals surface area contributed by atoms with Crippen LogP contribution in [0.4, 0.5) is 11.4 Å². The van der Waals surface area contributed by atoms with Crippen molar-refractivity contribution in [2.45, 2.75) is 39.2 Å². The lowest BCUT2D eigenvalue weighted by atomic mass is 10.1. The second kappa shape index (κ2) is 8.01. The molecule has 0 bridgehead atoms. The Bertz CT molecular complexity index is 707. The van der Waals surface area contributed by atoms with Crippen LogP contribution in [0.5, 0.6) is 5.75 Å². The fraction of sp³-hybridized carbons (Fsp3) is 0.400. The average Bonchev–Trinajstić information content (AvgIpc) is 2.63. The van der Waals surface area contributed by atoms with Crippen molar-refractivity contribution in [2.24, 2.45) is 0 Å². The quantitative estimate of drug-likeness (QED) is 0.885. The van der Waals surface area contributed by atoms with Gasteiger partial charge in [0.2, 0.25) is 0 Å². The number of carbonyl (C=O) groups is 1. The van der Waals surface area contributed by atoms with Gasteiger partial charge in [-0.3, -0.25) is 9.78 Å².